The molecule has 2 aromatic heterocycles. The number of aromatic nitrogens is 2. The third kappa shape index (κ3) is 5.34. The maximum atomic E-state index is 14.1. The van der Waals surface area contributed by atoms with Crippen molar-refractivity contribution in [1.82, 2.24) is 15.3 Å². The van der Waals surface area contributed by atoms with E-state index in [0.29, 0.717) is 44.3 Å². The fraction of sp³-hybridized carbons (Fsp3) is 0.417. The van der Waals surface area contributed by atoms with Crippen LogP contribution in [-0.2, 0) is 4.79 Å². The van der Waals surface area contributed by atoms with E-state index in [4.69, 9.17) is 9.84 Å². The molecule has 1 aliphatic rings. The molecular weight excluding hydrogens is 459 g/mol. The van der Waals surface area contributed by atoms with Crippen LogP contribution in [0.5, 0.6) is 5.75 Å². The van der Waals surface area contributed by atoms with E-state index in [1.807, 2.05) is 6.92 Å². The van der Waals surface area contributed by atoms with Crippen LogP contribution in [0.4, 0.5) is 15.9 Å². The molecule has 2 atom stereocenters. The second-order valence-electron chi connectivity index (χ2n) is 8.53. The molecular formula is C24H27FN4O4S. The minimum atomic E-state index is -0.416. The van der Waals surface area contributed by atoms with Crippen molar-refractivity contribution in [3.8, 4) is 5.75 Å². The molecule has 1 fully saturated rings. The van der Waals surface area contributed by atoms with Gasteiger partial charge in [0.25, 0.3) is 5.91 Å². The van der Waals surface area contributed by atoms with Gasteiger partial charge >= 0.3 is 0 Å². The highest BCUT2D eigenvalue weighted by Crippen LogP contribution is 2.38. The number of aryl methyl sites for hydroxylation is 1. The quantitative estimate of drug-likeness (QED) is 0.417. The Morgan fingerprint density at radius 2 is 2.12 bits per heavy atom. The molecule has 2 heterocycles. The van der Waals surface area contributed by atoms with Crippen LogP contribution in [0.15, 0.2) is 24.5 Å². The molecule has 8 nitrogen and oxygen atoms in total. The molecule has 1 amide bonds. The average molecular weight is 487 g/mol. The Bertz CT molecular complexity index is 1220. The van der Waals surface area contributed by atoms with Crippen LogP contribution < -0.4 is 15.4 Å². The molecule has 0 aliphatic heterocycles. The number of aliphatic hydroxyl groups is 1. The van der Waals surface area contributed by atoms with Gasteiger partial charge in [0.2, 0.25) is 0 Å². The minimum Gasteiger partial charge on any atom is -0.488 e. The highest BCUT2D eigenvalue weighted by Gasteiger charge is 2.28. The first-order valence-electron chi connectivity index (χ1n) is 11.2. The molecule has 0 saturated heterocycles. The van der Waals surface area contributed by atoms with E-state index in [2.05, 4.69) is 20.6 Å². The third-order valence-corrected chi connectivity index (χ3v) is 7.09. The number of Topliss-reactive ketones (excluding diaryl/α,β-unsaturated/α-hetero) is 1. The van der Waals surface area contributed by atoms with Crippen molar-refractivity contribution in [2.45, 2.75) is 45.6 Å². The molecule has 0 radical (unpaired) electrons. The Kier molecular flexibility index (Phi) is 7.38. The van der Waals surface area contributed by atoms with E-state index in [1.54, 1.807) is 13.0 Å². The molecule has 3 aromatic rings. The number of rotatable bonds is 9. The smallest absolute Gasteiger partial charge is 0.261 e. The normalized spacial score (nSPS) is 17.6. The van der Waals surface area contributed by atoms with Gasteiger partial charge in [-0.3, -0.25) is 4.79 Å². The Hall–Kier alpha value is -3.11. The van der Waals surface area contributed by atoms with Crippen molar-refractivity contribution in [2.24, 2.45) is 5.92 Å². The summed E-state index contributed by atoms with van der Waals surface area (Å²) in [5.74, 6) is 0.611. The summed E-state index contributed by atoms with van der Waals surface area (Å²) in [5.41, 5.74) is 1.26. The second-order valence-corrected chi connectivity index (χ2v) is 9.53. The number of fused-ring (bicyclic) bond motifs is 1. The standard InChI is InChI=1S/C24H27FN4O4S/c1-13(31)9-15-3-5-17(10-15)33-19-11-16(25)4-6-18(19)29-22-20-14(2)21(23(32)26-7-8-30)34-24(20)28-12-27-22/h4,6,11-12,15,17,30H,3,5,7-10H2,1-2H3,(H,26,32)(H,27,28,29)/t15-,17+/m1/s1. The van der Waals surface area contributed by atoms with Gasteiger partial charge in [-0.15, -0.1) is 11.3 Å². The lowest BCUT2D eigenvalue weighted by Gasteiger charge is -2.18. The Labute approximate surface area is 200 Å². The van der Waals surface area contributed by atoms with Crippen molar-refractivity contribution < 1.29 is 23.8 Å². The number of nitrogens with zero attached hydrogens (tertiary/aromatic N) is 2. The molecule has 1 aromatic carbocycles. The minimum absolute atomic E-state index is 0.0955. The van der Waals surface area contributed by atoms with Gasteiger partial charge in [-0.25, -0.2) is 14.4 Å². The lowest BCUT2D eigenvalue weighted by molar-refractivity contribution is -0.117. The first-order chi connectivity index (χ1) is 16.4. The van der Waals surface area contributed by atoms with Crippen LogP contribution in [0.2, 0.25) is 0 Å². The maximum absolute atomic E-state index is 14.1. The van der Waals surface area contributed by atoms with Gasteiger partial charge in [0, 0.05) is 19.0 Å². The van der Waals surface area contributed by atoms with Gasteiger partial charge in [0.1, 0.15) is 34.3 Å². The SMILES string of the molecule is CC(=O)C[C@H]1CC[C@H](Oc2cc(F)ccc2Nc2ncnc3sc(C(=O)NCCO)c(C)c23)C1. The molecule has 1 aliphatic carbocycles. The Balaban J connectivity index is 1.59. The predicted octanol–water partition coefficient (Wildman–Crippen LogP) is 4.13. The van der Waals surface area contributed by atoms with Crippen molar-refractivity contribution >= 4 is 44.7 Å². The fourth-order valence-corrected chi connectivity index (χ4v) is 5.43. The molecule has 180 valence electrons. The number of ether oxygens (including phenoxy) is 1. The van der Waals surface area contributed by atoms with Crippen LogP contribution in [-0.4, -0.2) is 46.0 Å². The summed E-state index contributed by atoms with van der Waals surface area (Å²) in [6.07, 6.45) is 4.32. The number of benzene rings is 1. The predicted molar refractivity (Wildman–Crippen MR) is 128 cm³/mol. The highest BCUT2D eigenvalue weighted by molar-refractivity contribution is 7.20. The van der Waals surface area contributed by atoms with Crippen LogP contribution in [0.1, 0.15) is 47.8 Å². The van der Waals surface area contributed by atoms with Gasteiger partial charge in [-0.1, -0.05) is 0 Å². The number of hydrogen-bond acceptors (Lipinski definition) is 8. The van der Waals surface area contributed by atoms with Gasteiger partial charge in [-0.2, -0.15) is 0 Å². The molecule has 3 N–H and O–H groups in total. The zero-order valence-corrected chi connectivity index (χ0v) is 19.9. The number of halogens is 1. The van der Waals surface area contributed by atoms with E-state index < -0.39 is 5.82 Å². The number of ketones is 1. The van der Waals surface area contributed by atoms with E-state index in [1.165, 1.54) is 29.8 Å². The lowest BCUT2D eigenvalue weighted by atomic mass is 10.0. The summed E-state index contributed by atoms with van der Waals surface area (Å²) >= 11 is 1.24. The van der Waals surface area contributed by atoms with Crippen molar-refractivity contribution in [2.75, 3.05) is 18.5 Å². The summed E-state index contributed by atoms with van der Waals surface area (Å²) in [4.78, 5) is 33.7. The number of hydrogen-bond donors (Lipinski definition) is 3. The number of thiophene rings is 1. The van der Waals surface area contributed by atoms with E-state index >= 15 is 0 Å². The number of anilines is 2. The topological polar surface area (TPSA) is 113 Å². The summed E-state index contributed by atoms with van der Waals surface area (Å²) in [6, 6.07) is 4.28. The molecule has 0 unspecified atom stereocenters. The summed E-state index contributed by atoms with van der Waals surface area (Å²) in [7, 11) is 0. The Morgan fingerprint density at radius 1 is 1.29 bits per heavy atom. The highest BCUT2D eigenvalue weighted by atomic mass is 32.1. The number of carbonyl (C=O) groups excluding carboxylic acids is 2. The van der Waals surface area contributed by atoms with Crippen molar-refractivity contribution in [3.05, 3.63) is 40.8 Å². The zero-order chi connectivity index (χ0) is 24.2. The molecule has 0 spiro atoms. The zero-order valence-electron chi connectivity index (χ0n) is 19.1. The monoisotopic (exact) mass is 486 g/mol. The van der Waals surface area contributed by atoms with E-state index in [0.717, 1.165) is 19.3 Å². The average Bonchev–Trinajstić information content (AvgIpc) is 3.37. The first kappa shape index (κ1) is 24.0. The van der Waals surface area contributed by atoms with Gasteiger partial charge < -0.3 is 25.3 Å². The third-order valence-electron chi connectivity index (χ3n) is 5.89. The molecule has 0 bridgehead atoms. The Morgan fingerprint density at radius 3 is 2.88 bits per heavy atom. The molecule has 4 rings (SSSR count). The molecule has 1 saturated carbocycles. The molecule has 10 heteroatoms. The largest absolute Gasteiger partial charge is 0.488 e. The second kappa shape index (κ2) is 10.4. The fourth-order valence-electron chi connectivity index (χ4n) is 4.36. The summed E-state index contributed by atoms with van der Waals surface area (Å²) in [5, 5.41) is 15.6. The summed E-state index contributed by atoms with van der Waals surface area (Å²) in [6.45, 7) is 3.43. The van der Waals surface area contributed by atoms with E-state index in [9.17, 15) is 14.0 Å². The molecule has 34 heavy (non-hydrogen) atoms. The number of amides is 1. The van der Waals surface area contributed by atoms with Crippen LogP contribution in [0.25, 0.3) is 10.2 Å². The van der Waals surface area contributed by atoms with Gasteiger partial charge in [-0.05, 0) is 56.7 Å². The first-order valence-corrected chi connectivity index (χ1v) is 12.0. The number of aliphatic hydroxyl groups excluding tert-OH is 1. The van der Waals surface area contributed by atoms with Gasteiger partial charge in [0.15, 0.2) is 0 Å². The number of carbonyl (C=O) groups is 2. The van der Waals surface area contributed by atoms with Crippen LogP contribution >= 0.6 is 11.3 Å². The van der Waals surface area contributed by atoms with Gasteiger partial charge in [0.05, 0.1) is 28.7 Å². The van der Waals surface area contributed by atoms with Crippen molar-refractivity contribution in [3.63, 3.8) is 0 Å². The van der Waals surface area contributed by atoms with Crippen LogP contribution in [0, 0.1) is 18.7 Å². The maximum Gasteiger partial charge on any atom is 0.261 e. The lowest BCUT2D eigenvalue weighted by Crippen LogP contribution is -2.26. The van der Waals surface area contributed by atoms with E-state index in [-0.39, 0.29) is 36.9 Å². The summed E-state index contributed by atoms with van der Waals surface area (Å²) < 4.78 is 20.2. The van der Waals surface area contributed by atoms with Crippen LogP contribution in [0.3, 0.4) is 0 Å². The number of nitrogens with one attached hydrogen (secondary N) is 2. The van der Waals surface area contributed by atoms with Crippen molar-refractivity contribution in [1.29, 1.82) is 0 Å².